The quantitative estimate of drug-likeness (QED) is 0.808. The average Bonchev–Trinajstić information content (AvgIpc) is 2.67. The Kier molecular flexibility index (Phi) is 2.38. The molecule has 1 aliphatic rings. The number of amides is 1. The zero-order chi connectivity index (χ0) is 13.6. The van der Waals surface area contributed by atoms with Crippen molar-refractivity contribution in [3.05, 3.63) is 29.6 Å². The van der Waals surface area contributed by atoms with Gasteiger partial charge < -0.3 is 15.0 Å². The van der Waals surface area contributed by atoms with Gasteiger partial charge in [0.05, 0.1) is 17.8 Å². The van der Waals surface area contributed by atoms with Gasteiger partial charge >= 0.3 is 5.97 Å². The highest BCUT2D eigenvalue weighted by Gasteiger charge is 2.24. The Labute approximate surface area is 108 Å². The second-order valence-electron chi connectivity index (χ2n) is 4.38. The van der Waals surface area contributed by atoms with E-state index in [1.165, 1.54) is 11.8 Å². The van der Waals surface area contributed by atoms with Crippen molar-refractivity contribution < 1.29 is 14.7 Å². The third-order valence-corrected chi connectivity index (χ3v) is 3.19. The van der Waals surface area contributed by atoms with Gasteiger partial charge in [-0.05, 0) is 12.1 Å². The molecule has 1 aliphatic heterocycles. The minimum Gasteiger partial charge on any atom is -0.478 e. The predicted molar refractivity (Wildman–Crippen MR) is 69.7 cm³/mol. The molecule has 3 heterocycles. The number of pyridine rings is 1. The van der Waals surface area contributed by atoms with Crippen LogP contribution in [-0.4, -0.2) is 33.5 Å². The van der Waals surface area contributed by atoms with Crippen LogP contribution >= 0.6 is 0 Å². The Morgan fingerprint density at radius 2 is 2.26 bits per heavy atom. The van der Waals surface area contributed by atoms with Crippen molar-refractivity contribution in [2.75, 3.05) is 11.4 Å². The molecular weight excluding hydrogens is 246 g/mol. The zero-order valence-corrected chi connectivity index (χ0v) is 10.2. The number of carbonyl (C=O) groups is 2. The highest BCUT2D eigenvalue weighted by Crippen LogP contribution is 2.33. The highest BCUT2D eigenvalue weighted by atomic mass is 16.4. The topological polar surface area (TPSA) is 86.3 Å². The summed E-state index contributed by atoms with van der Waals surface area (Å²) in [5.41, 5.74) is 2.23. The molecule has 0 radical (unpaired) electrons. The fourth-order valence-corrected chi connectivity index (χ4v) is 2.30. The summed E-state index contributed by atoms with van der Waals surface area (Å²) in [7, 11) is 0. The Morgan fingerprint density at radius 1 is 1.47 bits per heavy atom. The van der Waals surface area contributed by atoms with Gasteiger partial charge in [-0.2, -0.15) is 0 Å². The number of nitrogens with one attached hydrogen (secondary N) is 1. The molecule has 96 valence electrons. The van der Waals surface area contributed by atoms with Crippen LogP contribution in [0, 0.1) is 0 Å². The van der Waals surface area contributed by atoms with Crippen molar-refractivity contribution in [1.29, 1.82) is 0 Å². The van der Waals surface area contributed by atoms with E-state index in [0.29, 0.717) is 11.3 Å². The second-order valence-corrected chi connectivity index (χ2v) is 4.38. The lowest BCUT2D eigenvalue weighted by molar-refractivity contribution is -0.132. The van der Waals surface area contributed by atoms with E-state index in [-0.39, 0.29) is 18.0 Å². The van der Waals surface area contributed by atoms with E-state index in [0.717, 1.165) is 10.9 Å². The van der Waals surface area contributed by atoms with Gasteiger partial charge in [0, 0.05) is 30.3 Å². The van der Waals surface area contributed by atoms with E-state index in [4.69, 9.17) is 0 Å². The number of carboxylic acid groups (broad SMARTS) is 1. The molecule has 1 amide bonds. The number of aromatic amines is 1. The third kappa shape index (κ3) is 1.69. The van der Waals surface area contributed by atoms with Gasteiger partial charge in [0.2, 0.25) is 5.91 Å². The Balaban J connectivity index is 2.33. The summed E-state index contributed by atoms with van der Waals surface area (Å²) in [6.07, 6.45) is 4.88. The number of anilines is 1. The SMILES string of the molecule is CC(=O)N1CC(C(=O)O)=Cc2c[nH]c3nccc1c23. The van der Waals surface area contributed by atoms with E-state index in [1.54, 1.807) is 24.5 Å². The maximum Gasteiger partial charge on any atom is 0.333 e. The molecule has 19 heavy (non-hydrogen) atoms. The second kappa shape index (κ2) is 3.94. The van der Waals surface area contributed by atoms with E-state index < -0.39 is 5.97 Å². The first-order valence-electron chi connectivity index (χ1n) is 5.76. The van der Waals surface area contributed by atoms with Crippen LogP contribution in [0.2, 0.25) is 0 Å². The monoisotopic (exact) mass is 257 g/mol. The molecule has 3 rings (SSSR count). The number of rotatable bonds is 1. The maximum atomic E-state index is 11.8. The number of nitrogens with zero attached hydrogens (tertiary/aromatic N) is 2. The molecule has 2 N–H and O–H groups in total. The van der Waals surface area contributed by atoms with E-state index in [1.807, 2.05) is 0 Å². The van der Waals surface area contributed by atoms with Crippen LogP contribution in [-0.2, 0) is 9.59 Å². The largest absolute Gasteiger partial charge is 0.478 e. The highest BCUT2D eigenvalue weighted by molar-refractivity contribution is 6.09. The molecule has 2 aromatic rings. The van der Waals surface area contributed by atoms with Gasteiger partial charge in [-0.3, -0.25) is 4.79 Å². The number of hydrogen-bond donors (Lipinski definition) is 2. The lowest BCUT2D eigenvalue weighted by atomic mass is 10.1. The summed E-state index contributed by atoms with van der Waals surface area (Å²) >= 11 is 0. The Bertz CT molecular complexity index is 730. The first-order chi connectivity index (χ1) is 9.08. The molecule has 0 bridgehead atoms. The van der Waals surface area contributed by atoms with Crippen LogP contribution in [0.3, 0.4) is 0 Å². The number of aliphatic carboxylic acids is 1. The normalized spacial score (nSPS) is 14.2. The maximum absolute atomic E-state index is 11.8. The van der Waals surface area contributed by atoms with Crippen LogP contribution < -0.4 is 4.90 Å². The molecule has 0 atom stereocenters. The minimum absolute atomic E-state index is 0.0540. The fourth-order valence-electron chi connectivity index (χ4n) is 2.30. The number of aromatic nitrogens is 2. The molecule has 0 saturated heterocycles. The van der Waals surface area contributed by atoms with Crippen molar-refractivity contribution in [1.82, 2.24) is 9.97 Å². The lowest BCUT2D eigenvalue weighted by Crippen LogP contribution is -2.31. The zero-order valence-electron chi connectivity index (χ0n) is 10.2. The third-order valence-electron chi connectivity index (χ3n) is 3.19. The van der Waals surface area contributed by atoms with Crippen LogP contribution in [0.5, 0.6) is 0 Å². The number of carboxylic acids is 1. The summed E-state index contributed by atoms with van der Waals surface area (Å²) in [6, 6.07) is 1.72. The molecule has 0 spiro atoms. The molecule has 6 nitrogen and oxygen atoms in total. The fraction of sp³-hybridized carbons (Fsp3) is 0.154. The summed E-state index contributed by atoms with van der Waals surface area (Å²) in [5, 5.41) is 9.97. The van der Waals surface area contributed by atoms with Crippen LogP contribution in [0.1, 0.15) is 12.5 Å². The van der Waals surface area contributed by atoms with Crippen molar-refractivity contribution in [3.8, 4) is 0 Å². The van der Waals surface area contributed by atoms with Crippen molar-refractivity contribution in [3.63, 3.8) is 0 Å². The van der Waals surface area contributed by atoms with Gasteiger partial charge in [-0.25, -0.2) is 9.78 Å². The van der Waals surface area contributed by atoms with Crippen LogP contribution in [0.4, 0.5) is 5.69 Å². The minimum atomic E-state index is -1.03. The molecule has 0 saturated carbocycles. The molecule has 0 aliphatic carbocycles. The Hall–Kier alpha value is -2.63. The van der Waals surface area contributed by atoms with Crippen molar-refractivity contribution in [2.45, 2.75) is 6.92 Å². The Morgan fingerprint density at radius 3 is 2.95 bits per heavy atom. The predicted octanol–water partition coefficient (Wildman–Crippen LogP) is 1.40. The lowest BCUT2D eigenvalue weighted by Gasteiger charge is -2.20. The summed E-state index contributed by atoms with van der Waals surface area (Å²) in [6.45, 7) is 1.47. The average molecular weight is 257 g/mol. The number of carbonyl (C=O) groups excluding carboxylic acids is 1. The number of H-pyrrole nitrogens is 1. The molecule has 0 aromatic carbocycles. The van der Waals surface area contributed by atoms with Crippen LogP contribution in [0.25, 0.3) is 17.1 Å². The first kappa shape index (κ1) is 11.5. The van der Waals surface area contributed by atoms with Gasteiger partial charge in [-0.15, -0.1) is 0 Å². The van der Waals surface area contributed by atoms with Gasteiger partial charge in [0.1, 0.15) is 5.65 Å². The van der Waals surface area contributed by atoms with E-state index >= 15 is 0 Å². The first-order valence-corrected chi connectivity index (χ1v) is 5.76. The van der Waals surface area contributed by atoms with Gasteiger partial charge in [0.25, 0.3) is 0 Å². The van der Waals surface area contributed by atoms with Gasteiger partial charge in [0.15, 0.2) is 0 Å². The molecule has 0 fully saturated rings. The van der Waals surface area contributed by atoms with Crippen molar-refractivity contribution in [2.24, 2.45) is 0 Å². The standard InChI is InChI=1S/C13H11N3O3/c1-7(17)16-6-9(13(18)19)4-8-5-15-12-11(8)10(16)2-3-14-12/h2-5H,6H2,1H3,(H,14,15)(H,18,19). The summed E-state index contributed by atoms with van der Waals surface area (Å²) < 4.78 is 0. The molecule has 2 aromatic heterocycles. The summed E-state index contributed by atoms with van der Waals surface area (Å²) in [4.78, 5) is 31.6. The smallest absolute Gasteiger partial charge is 0.333 e. The van der Waals surface area contributed by atoms with Crippen molar-refractivity contribution >= 4 is 34.7 Å². The van der Waals surface area contributed by atoms with E-state index in [9.17, 15) is 14.7 Å². The van der Waals surface area contributed by atoms with Gasteiger partial charge in [-0.1, -0.05) is 0 Å². The molecule has 6 heteroatoms. The molecular formula is C13H11N3O3. The summed E-state index contributed by atoms with van der Waals surface area (Å²) in [5.74, 6) is -1.23. The van der Waals surface area contributed by atoms with E-state index in [2.05, 4.69) is 9.97 Å². The number of hydrogen-bond acceptors (Lipinski definition) is 3. The van der Waals surface area contributed by atoms with Crippen LogP contribution in [0.15, 0.2) is 24.0 Å². The molecule has 0 unspecified atom stereocenters.